The quantitative estimate of drug-likeness (QED) is 0.558. The molecule has 0 radical (unpaired) electrons. The topological polar surface area (TPSA) is 55.1 Å². The number of nitriles is 1. The molecule has 0 bridgehead atoms. The van der Waals surface area contributed by atoms with E-state index in [1.807, 2.05) is 33.8 Å². The first-order valence-electron chi connectivity index (χ1n) is 6.04. The Balaban J connectivity index is 2.45. The van der Waals surface area contributed by atoms with E-state index in [0.717, 1.165) is 0 Å². The third-order valence-corrected chi connectivity index (χ3v) is 3.67. The van der Waals surface area contributed by atoms with Crippen molar-refractivity contribution in [2.75, 3.05) is 0 Å². The molecule has 0 N–H and O–H groups in total. The van der Waals surface area contributed by atoms with E-state index in [0.29, 0.717) is 16.9 Å². The second-order valence-electron chi connectivity index (χ2n) is 5.47. The maximum atomic E-state index is 8.93. The zero-order valence-electron chi connectivity index (χ0n) is 11.5. The van der Waals surface area contributed by atoms with Crippen LogP contribution < -0.4 is 5.59 Å². The molecule has 19 heavy (non-hydrogen) atoms. The smallest absolute Gasteiger partial charge is 0.398 e. The van der Waals surface area contributed by atoms with Crippen molar-refractivity contribution >= 4 is 12.7 Å². The van der Waals surface area contributed by atoms with Gasteiger partial charge in [-0.3, -0.25) is 0 Å². The van der Waals surface area contributed by atoms with Gasteiger partial charge in [0.2, 0.25) is 0 Å². The summed E-state index contributed by atoms with van der Waals surface area (Å²) >= 11 is 0. The largest absolute Gasteiger partial charge is 0.515 e. The number of pyridine rings is 1. The highest BCUT2D eigenvalue weighted by Crippen LogP contribution is 2.36. The normalized spacial score (nSPS) is 19.8. The van der Waals surface area contributed by atoms with Gasteiger partial charge in [-0.15, -0.1) is 6.42 Å². The van der Waals surface area contributed by atoms with E-state index in [9.17, 15) is 0 Å². The predicted molar refractivity (Wildman–Crippen MR) is 72.6 cm³/mol. The summed E-state index contributed by atoms with van der Waals surface area (Å²) in [5, 5.41) is 8.93. The van der Waals surface area contributed by atoms with Gasteiger partial charge >= 0.3 is 7.12 Å². The summed E-state index contributed by atoms with van der Waals surface area (Å²) in [5.41, 5.74) is 0.434. The number of hydrogen-bond donors (Lipinski definition) is 0. The molecule has 0 amide bonds. The third-order valence-electron chi connectivity index (χ3n) is 3.67. The third kappa shape index (κ3) is 2.23. The van der Waals surface area contributed by atoms with E-state index >= 15 is 0 Å². The molecule has 2 heterocycles. The van der Waals surface area contributed by atoms with Crippen LogP contribution in [0.4, 0.5) is 0 Å². The fraction of sp³-hybridized carbons (Fsp3) is 0.429. The molecule has 1 aromatic heterocycles. The molecule has 2 rings (SSSR count). The summed E-state index contributed by atoms with van der Waals surface area (Å²) < 4.78 is 11.8. The van der Waals surface area contributed by atoms with Crippen molar-refractivity contribution in [3.8, 4) is 18.4 Å². The van der Waals surface area contributed by atoms with Crippen LogP contribution in [0, 0.1) is 23.7 Å². The second kappa shape index (κ2) is 4.38. The van der Waals surface area contributed by atoms with Crippen LogP contribution in [0.25, 0.3) is 0 Å². The highest BCUT2D eigenvalue weighted by Gasteiger charge is 2.52. The Morgan fingerprint density at radius 2 is 1.79 bits per heavy atom. The van der Waals surface area contributed by atoms with Crippen LogP contribution in [-0.2, 0) is 9.31 Å². The van der Waals surface area contributed by atoms with Crippen molar-refractivity contribution in [2.45, 2.75) is 38.9 Å². The molecular formula is C14H15BN2O2. The molecule has 1 aliphatic rings. The molecule has 1 aliphatic heterocycles. The standard InChI is InChI=1S/C14H15BN2O2/c1-6-10-7-8-11(9-16)17-12(10)15-18-13(2,3)14(4,5)19-15/h1,7-8H,2-5H3. The zero-order valence-corrected chi connectivity index (χ0v) is 11.5. The van der Waals surface area contributed by atoms with Crippen molar-refractivity contribution in [3.05, 3.63) is 23.4 Å². The zero-order chi connectivity index (χ0) is 14.3. The molecule has 0 atom stereocenters. The van der Waals surface area contributed by atoms with Crippen molar-refractivity contribution < 1.29 is 9.31 Å². The first-order chi connectivity index (χ1) is 8.80. The second-order valence-corrected chi connectivity index (χ2v) is 5.47. The van der Waals surface area contributed by atoms with Gasteiger partial charge in [0.1, 0.15) is 11.8 Å². The van der Waals surface area contributed by atoms with E-state index < -0.39 is 18.3 Å². The summed E-state index contributed by atoms with van der Waals surface area (Å²) in [6, 6.07) is 5.27. The van der Waals surface area contributed by atoms with E-state index in [-0.39, 0.29) is 0 Å². The van der Waals surface area contributed by atoms with Crippen LogP contribution in [0.1, 0.15) is 39.0 Å². The highest BCUT2D eigenvalue weighted by atomic mass is 16.7. The highest BCUT2D eigenvalue weighted by molar-refractivity contribution is 6.61. The van der Waals surface area contributed by atoms with Crippen molar-refractivity contribution in [3.63, 3.8) is 0 Å². The number of aromatic nitrogens is 1. The molecule has 0 unspecified atom stereocenters. The lowest BCUT2D eigenvalue weighted by atomic mass is 9.81. The Morgan fingerprint density at radius 3 is 2.26 bits per heavy atom. The summed E-state index contributed by atoms with van der Waals surface area (Å²) in [4.78, 5) is 4.22. The van der Waals surface area contributed by atoms with Crippen LogP contribution in [-0.4, -0.2) is 23.3 Å². The van der Waals surface area contributed by atoms with Crippen molar-refractivity contribution in [1.29, 1.82) is 5.26 Å². The van der Waals surface area contributed by atoms with E-state index in [4.69, 9.17) is 21.0 Å². The van der Waals surface area contributed by atoms with Crippen molar-refractivity contribution in [2.24, 2.45) is 0 Å². The molecule has 1 fully saturated rings. The van der Waals surface area contributed by atoms with Crippen LogP contribution in [0.15, 0.2) is 12.1 Å². The Bertz CT molecular complexity index is 580. The van der Waals surface area contributed by atoms with Gasteiger partial charge in [0.05, 0.1) is 16.8 Å². The Hall–Kier alpha value is -1.82. The van der Waals surface area contributed by atoms with Gasteiger partial charge < -0.3 is 9.31 Å². The van der Waals surface area contributed by atoms with Crippen molar-refractivity contribution in [1.82, 2.24) is 4.98 Å². The van der Waals surface area contributed by atoms with Gasteiger partial charge in [0, 0.05) is 5.56 Å². The summed E-state index contributed by atoms with van der Waals surface area (Å²) in [6.45, 7) is 7.82. The van der Waals surface area contributed by atoms with E-state index in [1.165, 1.54) is 0 Å². The minimum atomic E-state index is -0.649. The summed E-state index contributed by atoms with van der Waals surface area (Å²) in [5.74, 6) is 2.55. The molecule has 96 valence electrons. The maximum absolute atomic E-state index is 8.93. The fourth-order valence-electron chi connectivity index (χ4n) is 1.79. The number of hydrogen-bond acceptors (Lipinski definition) is 4. The molecule has 0 saturated carbocycles. The molecular weight excluding hydrogens is 239 g/mol. The first kappa shape index (κ1) is 13.6. The number of rotatable bonds is 1. The Kier molecular flexibility index (Phi) is 3.14. The maximum Gasteiger partial charge on any atom is 0.515 e. The lowest BCUT2D eigenvalue weighted by molar-refractivity contribution is 0.00578. The lowest BCUT2D eigenvalue weighted by Gasteiger charge is -2.32. The van der Waals surface area contributed by atoms with Gasteiger partial charge in [-0.1, -0.05) is 5.92 Å². The predicted octanol–water partition coefficient (Wildman–Crippen LogP) is 1.23. The first-order valence-corrected chi connectivity index (χ1v) is 6.04. The molecule has 1 saturated heterocycles. The van der Waals surface area contributed by atoms with E-state index in [1.54, 1.807) is 12.1 Å². The van der Waals surface area contributed by atoms with E-state index in [2.05, 4.69) is 10.9 Å². The van der Waals surface area contributed by atoms with Crippen LogP contribution >= 0.6 is 0 Å². The monoisotopic (exact) mass is 254 g/mol. The molecule has 0 aliphatic carbocycles. The SMILES string of the molecule is C#Cc1ccc(C#N)nc1B1OC(C)(C)C(C)(C)O1. The Morgan fingerprint density at radius 1 is 1.21 bits per heavy atom. The van der Waals surface area contributed by atoms with Gasteiger partial charge in [-0.05, 0) is 39.8 Å². The summed E-state index contributed by atoms with van der Waals surface area (Å²) in [6.07, 6.45) is 5.46. The molecule has 0 aromatic carbocycles. The minimum Gasteiger partial charge on any atom is -0.398 e. The van der Waals surface area contributed by atoms with Gasteiger partial charge in [0.15, 0.2) is 0 Å². The molecule has 5 heteroatoms. The molecule has 1 aromatic rings. The number of nitrogens with zero attached hydrogens (tertiary/aromatic N) is 2. The van der Waals surface area contributed by atoms with Gasteiger partial charge in [0.25, 0.3) is 0 Å². The lowest BCUT2D eigenvalue weighted by Crippen LogP contribution is -2.41. The Labute approximate surface area is 113 Å². The number of terminal acetylenes is 1. The van der Waals surface area contributed by atoms with Crippen LogP contribution in [0.2, 0.25) is 0 Å². The fourth-order valence-corrected chi connectivity index (χ4v) is 1.79. The molecule has 4 nitrogen and oxygen atoms in total. The minimum absolute atomic E-state index is 0.295. The van der Waals surface area contributed by atoms with Crippen LogP contribution in [0.3, 0.4) is 0 Å². The van der Waals surface area contributed by atoms with Crippen LogP contribution in [0.5, 0.6) is 0 Å². The van der Waals surface area contributed by atoms with Gasteiger partial charge in [-0.25, -0.2) is 4.98 Å². The average molecular weight is 254 g/mol. The average Bonchev–Trinajstić information content (AvgIpc) is 2.57. The molecule has 0 spiro atoms. The summed E-state index contributed by atoms with van der Waals surface area (Å²) in [7, 11) is -0.649. The van der Waals surface area contributed by atoms with Gasteiger partial charge in [-0.2, -0.15) is 5.26 Å².